The molecule has 8 nitrogen and oxygen atoms in total. The van der Waals surface area contributed by atoms with Gasteiger partial charge in [-0.3, -0.25) is 14.5 Å². The largest absolute Gasteiger partial charge is 0.484 e. The number of hydrogen-bond acceptors (Lipinski definition) is 7. The maximum atomic E-state index is 13.0. The first-order valence-corrected chi connectivity index (χ1v) is 11.2. The van der Waals surface area contributed by atoms with E-state index in [1.807, 2.05) is 18.2 Å². The van der Waals surface area contributed by atoms with Crippen molar-refractivity contribution in [2.75, 3.05) is 26.8 Å². The molecule has 0 spiro atoms. The van der Waals surface area contributed by atoms with Crippen LogP contribution in [0.3, 0.4) is 0 Å². The number of benzene rings is 1. The van der Waals surface area contributed by atoms with Crippen molar-refractivity contribution in [3.05, 3.63) is 41.6 Å². The number of nitrogens with zero attached hydrogens (tertiary/aromatic N) is 2. The number of allylic oxidation sites excluding steroid dienone is 1. The molecule has 1 aromatic rings. The van der Waals surface area contributed by atoms with Gasteiger partial charge in [0.25, 0.3) is 11.8 Å². The molecule has 2 aliphatic rings. The molecule has 31 heavy (non-hydrogen) atoms. The van der Waals surface area contributed by atoms with Crippen molar-refractivity contribution < 1.29 is 23.9 Å². The van der Waals surface area contributed by atoms with Gasteiger partial charge in [0.2, 0.25) is 0 Å². The van der Waals surface area contributed by atoms with E-state index < -0.39 is 17.4 Å². The van der Waals surface area contributed by atoms with Crippen LogP contribution in [0.1, 0.15) is 33.1 Å². The summed E-state index contributed by atoms with van der Waals surface area (Å²) in [5.74, 6) is -0.696. The molecule has 2 heterocycles. The number of ether oxygens (including phenoxy) is 2. The molecule has 1 N–H and O–H groups in total. The normalized spacial score (nSPS) is 21.1. The molecule has 168 valence electrons. The number of β-lactam (4-membered cyclic amide) rings is 1. The number of nitrogens with one attached hydrogen (secondary N) is 1. The highest BCUT2D eigenvalue weighted by molar-refractivity contribution is 7.97. The lowest BCUT2D eigenvalue weighted by molar-refractivity contribution is -0.151. The summed E-state index contributed by atoms with van der Waals surface area (Å²) in [5, 5.41) is 2.36. The van der Waals surface area contributed by atoms with Crippen molar-refractivity contribution in [3.63, 3.8) is 0 Å². The van der Waals surface area contributed by atoms with Gasteiger partial charge in [-0.2, -0.15) is 0 Å². The first-order valence-electron chi connectivity index (χ1n) is 10.4. The molecule has 0 aliphatic carbocycles. The van der Waals surface area contributed by atoms with E-state index in [9.17, 15) is 14.4 Å². The Morgan fingerprint density at radius 2 is 1.81 bits per heavy atom. The number of carbonyl (C=O) groups is 3. The van der Waals surface area contributed by atoms with Crippen molar-refractivity contribution in [2.45, 2.75) is 44.5 Å². The van der Waals surface area contributed by atoms with Crippen LogP contribution in [0.4, 0.5) is 0 Å². The quantitative estimate of drug-likeness (QED) is 0.283. The maximum absolute atomic E-state index is 13.0. The predicted molar refractivity (Wildman–Crippen MR) is 118 cm³/mol. The fraction of sp³-hybridized carbons (Fsp3) is 0.500. The molecule has 0 saturated carbocycles. The molecule has 9 heteroatoms. The zero-order chi connectivity index (χ0) is 22.4. The number of rotatable bonds is 8. The number of amides is 2. The van der Waals surface area contributed by atoms with Crippen molar-refractivity contribution in [2.24, 2.45) is 0 Å². The Kier molecular flexibility index (Phi) is 7.97. The van der Waals surface area contributed by atoms with Gasteiger partial charge >= 0.3 is 5.97 Å². The summed E-state index contributed by atoms with van der Waals surface area (Å²) < 4.78 is 12.6. The van der Waals surface area contributed by atoms with Gasteiger partial charge in [0, 0.05) is 13.1 Å². The van der Waals surface area contributed by atoms with Crippen LogP contribution in [-0.4, -0.2) is 65.2 Å². The molecule has 0 radical (unpaired) electrons. The lowest BCUT2D eigenvalue weighted by atomic mass is 10.0. The molecule has 2 fully saturated rings. The standard InChI is InChI=1S/C22H29N3O5S/c1-15(2)19(22(28)29-3)25-20(27)18(21(25)31-24-12-8-5-9-13-24)23-17(26)14-30-16-10-6-4-7-11-16/h4,6-7,10-11,18,21H,5,8-9,12-14H2,1-3H3,(H,23,26). The van der Waals surface area contributed by atoms with Crippen LogP contribution < -0.4 is 10.1 Å². The average molecular weight is 448 g/mol. The van der Waals surface area contributed by atoms with Gasteiger partial charge in [-0.05, 0) is 44.4 Å². The molecule has 2 amide bonds. The predicted octanol–water partition coefficient (Wildman–Crippen LogP) is 2.32. The minimum Gasteiger partial charge on any atom is -0.484 e. The van der Waals surface area contributed by atoms with Crippen molar-refractivity contribution in [1.29, 1.82) is 0 Å². The number of para-hydroxylation sites is 1. The molecule has 0 aromatic heterocycles. The zero-order valence-corrected chi connectivity index (χ0v) is 18.9. The van der Waals surface area contributed by atoms with E-state index in [2.05, 4.69) is 9.62 Å². The third-order valence-electron chi connectivity index (χ3n) is 5.14. The van der Waals surface area contributed by atoms with Crippen LogP contribution in [0.2, 0.25) is 0 Å². The summed E-state index contributed by atoms with van der Waals surface area (Å²) in [7, 11) is 1.29. The van der Waals surface area contributed by atoms with Crippen LogP contribution in [0.15, 0.2) is 41.6 Å². The van der Waals surface area contributed by atoms with Gasteiger partial charge in [-0.25, -0.2) is 9.10 Å². The van der Waals surface area contributed by atoms with Gasteiger partial charge in [0.05, 0.1) is 7.11 Å². The zero-order valence-electron chi connectivity index (χ0n) is 18.1. The van der Waals surface area contributed by atoms with Crippen LogP contribution >= 0.6 is 11.9 Å². The molecule has 2 saturated heterocycles. The number of piperidine rings is 1. The van der Waals surface area contributed by atoms with Crippen LogP contribution in [-0.2, 0) is 19.1 Å². The molecule has 2 aliphatic heterocycles. The van der Waals surface area contributed by atoms with Gasteiger partial charge in [-0.1, -0.05) is 36.6 Å². The second-order valence-corrected chi connectivity index (χ2v) is 8.89. The summed E-state index contributed by atoms with van der Waals surface area (Å²) in [5.41, 5.74) is 0.912. The van der Waals surface area contributed by atoms with Crippen molar-refractivity contribution in [1.82, 2.24) is 14.5 Å². The maximum Gasteiger partial charge on any atom is 0.354 e. The third-order valence-corrected chi connectivity index (χ3v) is 6.50. The summed E-state index contributed by atoms with van der Waals surface area (Å²) in [4.78, 5) is 39.3. The second-order valence-electron chi connectivity index (χ2n) is 7.68. The smallest absolute Gasteiger partial charge is 0.354 e. The van der Waals surface area contributed by atoms with Gasteiger partial charge in [0.15, 0.2) is 6.61 Å². The lowest BCUT2D eigenvalue weighted by Crippen LogP contribution is -2.70. The highest BCUT2D eigenvalue weighted by Crippen LogP contribution is 2.37. The summed E-state index contributed by atoms with van der Waals surface area (Å²) in [6.07, 6.45) is 3.35. The Labute approximate surface area is 187 Å². The monoisotopic (exact) mass is 447 g/mol. The summed E-state index contributed by atoms with van der Waals surface area (Å²) in [6.45, 7) is 5.15. The Morgan fingerprint density at radius 3 is 2.42 bits per heavy atom. The van der Waals surface area contributed by atoms with Gasteiger partial charge < -0.3 is 14.8 Å². The fourth-order valence-corrected chi connectivity index (χ4v) is 4.97. The highest BCUT2D eigenvalue weighted by atomic mass is 32.2. The molecule has 2 unspecified atom stereocenters. The highest BCUT2D eigenvalue weighted by Gasteiger charge is 2.53. The van der Waals surface area contributed by atoms with Crippen LogP contribution in [0, 0.1) is 0 Å². The number of hydrogen-bond donors (Lipinski definition) is 1. The SMILES string of the molecule is COC(=O)C(=C(C)C)N1C(=O)C(NC(=O)COc2ccccc2)C1SN1CCCCC1. The van der Waals surface area contributed by atoms with E-state index in [-0.39, 0.29) is 24.1 Å². The van der Waals surface area contributed by atoms with E-state index >= 15 is 0 Å². The van der Waals surface area contributed by atoms with Crippen LogP contribution in [0.5, 0.6) is 5.75 Å². The van der Waals surface area contributed by atoms with Crippen molar-refractivity contribution in [3.8, 4) is 5.75 Å². The van der Waals surface area contributed by atoms with E-state index in [4.69, 9.17) is 9.47 Å². The Bertz CT molecular complexity index is 835. The number of carbonyl (C=O) groups excluding carboxylic acids is 3. The van der Waals surface area contributed by atoms with E-state index in [0.29, 0.717) is 11.3 Å². The van der Waals surface area contributed by atoms with Crippen LogP contribution in [0.25, 0.3) is 0 Å². The summed E-state index contributed by atoms with van der Waals surface area (Å²) in [6, 6.07) is 8.28. The summed E-state index contributed by atoms with van der Waals surface area (Å²) >= 11 is 1.50. The Balaban J connectivity index is 1.71. The average Bonchev–Trinajstić information content (AvgIpc) is 2.79. The minimum atomic E-state index is -0.738. The topological polar surface area (TPSA) is 88.2 Å². The van der Waals surface area contributed by atoms with E-state index in [0.717, 1.165) is 25.9 Å². The number of methoxy groups -OCH3 is 1. The molecule has 2 atom stereocenters. The lowest BCUT2D eigenvalue weighted by Gasteiger charge is -2.48. The van der Waals surface area contributed by atoms with E-state index in [1.54, 1.807) is 26.0 Å². The molecule has 1 aromatic carbocycles. The molecular weight excluding hydrogens is 418 g/mol. The number of esters is 1. The minimum absolute atomic E-state index is 0.193. The fourth-order valence-electron chi connectivity index (χ4n) is 3.59. The Morgan fingerprint density at radius 1 is 1.13 bits per heavy atom. The molecular formula is C22H29N3O5S. The second kappa shape index (κ2) is 10.7. The molecule has 0 bridgehead atoms. The number of likely N-dealkylation sites (tertiary alicyclic amines) is 1. The van der Waals surface area contributed by atoms with E-state index in [1.165, 1.54) is 30.4 Å². The first kappa shape index (κ1) is 23.1. The van der Waals surface area contributed by atoms with Gasteiger partial charge in [-0.15, -0.1) is 0 Å². The molecule has 3 rings (SSSR count). The van der Waals surface area contributed by atoms with Gasteiger partial charge in [0.1, 0.15) is 22.9 Å². The third kappa shape index (κ3) is 5.59. The van der Waals surface area contributed by atoms with Crippen molar-refractivity contribution >= 4 is 29.7 Å². The first-order chi connectivity index (χ1) is 14.9. The Hall–Kier alpha value is -2.52.